The van der Waals surface area contributed by atoms with Crippen LogP contribution in [0.1, 0.15) is 28.2 Å². The van der Waals surface area contributed by atoms with Crippen molar-refractivity contribution in [2.75, 3.05) is 32.2 Å². The highest BCUT2D eigenvalue weighted by molar-refractivity contribution is 7.17. The van der Waals surface area contributed by atoms with Gasteiger partial charge < -0.3 is 14.4 Å². The van der Waals surface area contributed by atoms with Gasteiger partial charge in [-0.1, -0.05) is 0 Å². The Morgan fingerprint density at radius 3 is 2.48 bits per heavy atom. The van der Waals surface area contributed by atoms with Crippen LogP contribution in [0.3, 0.4) is 0 Å². The summed E-state index contributed by atoms with van der Waals surface area (Å²) in [5.74, 6) is -0.946. The number of thiazole rings is 1. The van der Waals surface area contributed by atoms with E-state index in [1.165, 1.54) is 14.2 Å². The third-order valence-corrected chi connectivity index (χ3v) is 5.76. The van der Waals surface area contributed by atoms with E-state index in [1.807, 2.05) is 4.90 Å². The Labute approximate surface area is 160 Å². The van der Waals surface area contributed by atoms with Crippen molar-refractivity contribution < 1.29 is 23.5 Å². The fourth-order valence-electron chi connectivity index (χ4n) is 3.07. The zero-order valence-electron chi connectivity index (χ0n) is 15.3. The topological polar surface area (TPSA) is 81.6 Å². The molecular weight excluding hydrogens is 373 g/mol. The number of aryl methyl sites for hydroxylation is 1. The number of methoxy groups -OCH3 is 2. The highest BCUT2D eigenvalue weighted by atomic mass is 32.1. The van der Waals surface area contributed by atoms with Crippen molar-refractivity contribution in [1.82, 2.24) is 9.97 Å². The zero-order valence-corrected chi connectivity index (χ0v) is 16.1. The predicted octanol–water partition coefficient (Wildman–Crippen LogP) is 2.83. The van der Waals surface area contributed by atoms with E-state index in [4.69, 9.17) is 9.47 Å². The summed E-state index contributed by atoms with van der Waals surface area (Å²) < 4.78 is 24.1. The molecule has 1 aliphatic rings. The van der Waals surface area contributed by atoms with Gasteiger partial charge in [-0.2, -0.15) is 4.39 Å². The molecule has 0 saturated carbocycles. The molecule has 0 aromatic carbocycles. The lowest BCUT2D eigenvalue weighted by atomic mass is 9.97. The first kappa shape index (κ1) is 19.2. The van der Waals surface area contributed by atoms with Crippen LogP contribution < -0.4 is 4.90 Å². The Bertz CT molecular complexity index is 862. The van der Waals surface area contributed by atoms with Gasteiger partial charge in [0.2, 0.25) is 5.95 Å². The van der Waals surface area contributed by atoms with Crippen LogP contribution in [0.25, 0.3) is 10.6 Å². The van der Waals surface area contributed by atoms with Gasteiger partial charge in [0, 0.05) is 13.1 Å². The smallest absolute Gasteiger partial charge is 0.349 e. The Balaban J connectivity index is 1.77. The van der Waals surface area contributed by atoms with Gasteiger partial charge in [-0.05, 0) is 31.9 Å². The van der Waals surface area contributed by atoms with Crippen molar-refractivity contribution in [3.8, 4) is 10.6 Å². The normalized spacial score (nSPS) is 14.9. The zero-order chi connectivity index (χ0) is 19.6. The van der Waals surface area contributed by atoms with Gasteiger partial charge in [-0.3, -0.25) is 4.79 Å². The number of halogens is 1. The molecule has 1 fully saturated rings. The second-order valence-corrected chi connectivity index (χ2v) is 7.22. The number of aromatic nitrogens is 2. The maximum atomic E-state index is 14.6. The molecule has 0 bridgehead atoms. The summed E-state index contributed by atoms with van der Waals surface area (Å²) in [7, 11) is 2.68. The van der Waals surface area contributed by atoms with Crippen LogP contribution in [0, 0.1) is 18.8 Å². The quantitative estimate of drug-likeness (QED) is 0.583. The number of hydrogen-bond acceptors (Lipinski definition) is 8. The molecule has 2 aromatic heterocycles. The average molecular weight is 393 g/mol. The molecule has 9 heteroatoms. The van der Waals surface area contributed by atoms with Crippen molar-refractivity contribution >= 4 is 29.1 Å². The number of carbonyl (C=O) groups excluding carboxylic acids is 2. The number of ether oxygens (including phenoxy) is 2. The molecule has 27 heavy (non-hydrogen) atoms. The molecule has 0 amide bonds. The highest BCUT2D eigenvalue weighted by Crippen LogP contribution is 2.31. The van der Waals surface area contributed by atoms with Crippen molar-refractivity contribution in [3.63, 3.8) is 0 Å². The minimum Gasteiger partial charge on any atom is -0.469 e. The highest BCUT2D eigenvalue weighted by Gasteiger charge is 2.27. The summed E-state index contributed by atoms with van der Waals surface area (Å²) in [6, 6.07) is 3.34. The fourth-order valence-corrected chi connectivity index (χ4v) is 4.06. The number of pyridine rings is 1. The van der Waals surface area contributed by atoms with Crippen LogP contribution in [-0.2, 0) is 14.3 Å². The Kier molecular flexibility index (Phi) is 5.69. The summed E-state index contributed by atoms with van der Waals surface area (Å²) >= 11 is 1.08. The molecule has 0 N–H and O–H groups in total. The fraction of sp³-hybridized carbons (Fsp3) is 0.444. The number of hydrogen-bond donors (Lipinski definition) is 0. The summed E-state index contributed by atoms with van der Waals surface area (Å²) in [6.45, 7) is 2.89. The summed E-state index contributed by atoms with van der Waals surface area (Å²) in [5.41, 5.74) is 0.738. The van der Waals surface area contributed by atoms with Crippen LogP contribution >= 0.6 is 11.3 Å². The summed E-state index contributed by atoms with van der Waals surface area (Å²) in [6.07, 6.45) is 1.29. The molecule has 7 nitrogen and oxygen atoms in total. The Morgan fingerprint density at radius 1 is 1.19 bits per heavy atom. The first-order chi connectivity index (χ1) is 12.9. The minimum atomic E-state index is -0.646. The molecule has 0 unspecified atom stereocenters. The predicted molar refractivity (Wildman–Crippen MR) is 98.3 cm³/mol. The average Bonchev–Trinajstić information content (AvgIpc) is 3.08. The second kappa shape index (κ2) is 7.99. The molecule has 3 rings (SSSR count). The first-order valence-corrected chi connectivity index (χ1v) is 9.31. The number of nitrogens with zero attached hydrogens (tertiary/aromatic N) is 3. The molecule has 1 aliphatic heterocycles. The largest absolute Gasteiger partial charge is 0.469 e. The third-order valence-electron chi connectivity index (χ3n) is 4.59. The minimum absolute atomic E-state index is 0.120. The lowest BCUT2D eigenvalue weighted by Gasteiger charge is -2.31. The van der Waals surface area contributed by atoms with Crippen LogP contribution in [0.2, 0.25) is 0 Å². The second-order valence-electron chi connectivity index (χ2n) is 6.22. The monoisotopic (exact) mass is 393 g/mol. The molecular formula is C18H20FN3O4S. The lowest BCUT2D eigenvalue weighted by molar-refractivity contribution is -0.146. The van der Waals surface area contributed by atoms with Gasteiger partial charge in [0.1, 0.15) is 15.7 Å². The van der Waals surface area contributed by atoms with Gasteiger partial charge in [-0.15, -0.1) is 11.3 Å². The van der Waals surface area contributed by atoms with Crippen LogP contribution in [0.4, 0.5) is 10.2 Å². The SMILES string of the molecule is COC(=O)c1sc(-c2ccc(N3CCC(C(=O)OC)CC3)nc2F)nc1C. The summed E-state index contributed by atoms with van der Waals surface area (Å²) in [4.78, 5) is 33.9. The van der Waals surface area contributed by atoms with E-state index < -0.39 is 11.9 Å². The lowest BCUT2D eigenvalue weighted by Crippen LogP contribution is -2.37. The summed E-state index contributed by atoms with van der Waals surface area (Å²) in [5, 5.41) is 0.383. The van der Waals surface area contributed by atoms with E-state index in [1.54, 1.807) is 19.1 Å². The van der Waals surface area contributed by atoms with Gasteiger partial charge in [0.25, 0.3) is 0 Å². The molecule has 0 atom stereocenters. The number of esters is 2. The standard InChI is InChI=1S/C18H20FN3O4S/c1-10-14(18(24)26-3)27-16(20-10)12-4-5-13(21-15(12)19)22-8-6-11(7-9-22)17(23)25-2/h4-5,11H,6-9H2,1-3H3. The molecule has 0 aliphatic carbocycles. The van der Waals surface area contributed by atoms with E-state index in [-0.39, 0.29) is 17.5 Å². The molecule has 144 valence electrons. The van der Waals surface area contributed by atoms with Gasteiger partial charge in [0.15, 0.2) is 0 Å². The number of rotatable bonds is 4. The van der Waals surface area contributed by atoms with E-state index in [0.717, 1.165) is 11.3 Å². The third kappa shape index (κ3) is 3.92. The van der Waals surface area contributed by atoms with Crippen molar-refractivity contribution in [1.29, 1.82) is 0 Å². The van der Waals surface area contributed by atoms with E-state index in [0.29, 0.717) is 47.3 Å². The number of piperidine rings is 1. The van der Waals surface area contributed by atoms with Gasteiger partial charge >= 0.3 is 11.9 Å². The maximum absolute atomic E-state index is 14.6. The van der Waals surface area contributed by atoms with Crippen molar-refractivity contribution in [2.45, 2.75) is 19.8 Å². The molecule has 2 aromatic rings. The van der Waals surface area contributed by atoms with Crippen LogP contribution in [0.5, 0.6) is 0 Å². The molecule has 3 heterocycles. The van der Waals surface area contributed by atoms with Crippen LogP contribution in [0.15, 0.2) is 12.1 Å². The Morgan fingerprint density at radius 2 is 1.89 bits per heavy atom. The number of anilines is 1. The van der Waals surface area contributed by atoms with Gasteiger partial charge in [0.05, 0.1) is 31.4 Å². The first-order valence-electron chi connectivity index (χ1n) is 8.50. The van der Waals surface area contributed by atoms with Crippen molar-refractivity contribution in [3.05, 3.63) is 28.7 Å². The molecule has 1 saturated heterocycles. The maximum Gasteiger partial charge on any atom is 0.349 e. The van der Waals surface area contributed by atoms with Gasteiger partial charge in [-0.25, -0.2) is 14.8 Å². The van der Waals surface area contributed by atoms with Crippen molar-refractivity contribution in [2.24, 2.45) is 5.92 Å². The van der Waals surface area contributed by atoms with Crippen LogP contribution in [-0.4, -0.2) is 49.2 Å². The molecule has 0 radical (unpaired) electrons. The van der Waals surface area contributed by atoms with E-state index in [2.05, 4.69) is 9.97 Å². The Hall–Kier alpha value is -2.55. The molecule has 0 spiro atoms. The van der Waals surface area contributed by atoms with E-state index >= 15 is 0 Å². The number of carbonyl (C=O) groups is 2. The van der Waals surface area contributed by atoms with E-state index in [9.17, 15) is 14.0 Å².